The quantitative estimate of drug-likeness (QED) is 0.834. The van der Waals surface area contributed by atoms with Gasteiger partial charge in [0.2, 0.25) is 0 Å². The van der Waals surface area contributed by atoms with E-state index in [9.17, 15) is 4.79 Å². The Hall–Kier alpha value is -1.33. The lowest BCUT2D eigenvalue weighted by Gasteiger charge is -2.31. The number of furan rings is 1. The number of ether oxygens (including phenoxy) is 2. The lowest BCUT2D eigenvalue weighted by Crippen LogP contribution is -2.43. The molecule has 5 nitrogen and oxygen atoms in total. The molecule has 0 radical (unpaired) electrons. The van der Waals surface area contributed by atoms with Gasteiger partial charge in [-0.1, -0.05) is 0 Å². The summed E-state index contributed by atoms with van der Waals surface area (Å²) in [6.07, 6.45) is 3.47. The van der Waals surface area contributed by atoms with Crippen molar-refractivity contribution in [3.63, 3.8) is 0 Å². The summed E-state index contributed by atoms with van der Waals surface area (Å²) in [7, 11) is 0. The molecular formula is C14H19NO4. The van der Waals surface area contributed by atoms with Crippen molar-refractivity contribution in [2.75, 3.05) is 19.8 Å². The lowest BCUT2D eigenvalue weighted by atomic mass is 10.0. The molecule has 0 spiro atoms. The highest BCUT2D eigenvalue weighted by Crippen LogP contribution is 2.31. The molecule has 0 aromatic carbocycles. The third-order valence-electron chi connectivity index (χ3n) is 3.85. The Kier molecular flexibility index (Phi) is 3.57. The summed E-state index contributed by atoms with van der Waals surface area (Å²) in [6, 6.07) is 3.55. The monoisotopic (exact) mass is 265 g/mol. The summed E-state index contributed by atoms with van der Waals surface area (Å²) >= 11 is 0. The lowest BCUT2D eigenvalue weighted by molar-refractivity contribution is -0.0738. The van der Waals surface area contributed by atoms with Crippen LogP contribution in [0.5, 0.6) is 0 Å². The van der Waals surface area contributed by atoms with Crippen molar-refractivity contribution in [3.8, 4) is 0 Å². The molecular weight excluding hydrogens is 246 g/mol. The minimum absolute atomic E-state index is 0.00705. The highest BCUT2D eigenvalue weighted by atomic mass is 16.5. The number of carbonyl (C=O) groups excluding carboxylic acids is 1. The molecule has 0 bridgehead atoms. The Morgan fingerprint density at radius 1 is 1.58 bits per heavy atom. The molecule has 3 heterocycles. The van der Waals surface area contributed by atoms with Crippen LogP contribution in [-0.2, 0) is 9.47 Å². The normalized spacial score (nSPS) is 30.4. The van der Waals surface area contributed by atoms with E-state index in [0.29, 0.717) is 18.9 Å². The zero-order valence-corrected chi connectivity index (χ0v) is 11.1. The van der Waals surface area contributed by atoms with Crippen LogP contribution in [0.1, 0.15) is 30.3 Å². The zero-order valence-electron chi connectivity index (χ0n) is 11.1. The molecule has 1 amide bonds. The van der Waals surface area contributed by atoms with E-state index >= 15 is 0 Å². The van der Waals surface area contributed by atoms with E-state index in [1.54, 1.807) is 12.1 Å². The van der Waals surface area contributed by atoms with Crippen LogP contribution in [-0.4, -0.2) is 48.8 Å². The van der Waals surface area contributed by atoms with Crippen molar-refractivity contribution in [1.82, 2.24) is 4.90 Å². The van der Waals surface area contributed by atoms with E-state index in [1.807, 2.05) is 11.8 Å². The van der Waals surface area contributed by atoms with Gasteiger partial charge in [0.15, 0.2) is 5.76 Å². The molecule has 3 rings (SSSR count). The number of fused-ring (bicyclic) bond motifs is 1. The predicted octanol–water partition coefficient (Wildman–Crippen LogP) is 1.69. The molecule has 1 aromatic rings. The van der Waals surface area contributed by atoms with Crippen LogP contribution in [0.15, 0.2) is 22.8 Å². The molecule has 1 aromatic heterocycles. The average Bonchev–Trinajstić information content (AvgIpc) is 3.07. The molecule has 104 valence electrons. The standard InChI is InChI=1S/C14H19NO4/c1-2-17-12-9-15(10-5-3-8-19-13(10)12)14(16)11-6-4-7-18-11/h4,6-7,10,12-13H,2-3,5,8-9H2,1H3/t10-,12+,13+/m0/s1. The fourth-order valence-electron chi connectivity index (χ4n) is 3.05. The molecule has 0 aliphatic carbocycles. The zero-order chi connectivity index (χ0) is 13.2. The molecule has 2 fully saturated rings. The maximum atomic E-state index is 12.4. The second-order valence-electron chi connectivity index (χ2n) is 4.97. The second kappa shape index (κ2) is 5.35. The number of carbonyl (C=O) groups is 1. The molecule has 0 saturated carbocycles. The third kappa shape index (κ3) is 2.28. The van der Waals surface area contributed by atoms with Crippen LogP contribution < -0.4 is 0 Å². The first-order chi connectivity index (χ1) is 9.31. The molecule has 2 aliphatic rings. The van der Waals surface area contributed by atoms with Gasteiger partial charge in [-0.3, -0.25) is 4.79 Å². The van der Waals surface area contributed by atoms with Gasteiger partial charge in [0, 0.05) is 13.2 Å². The van der Waals surface area contributed by atoms with E-state index in [-0.39, 0.29) is 24.2 Å². The highest BCUT2D eigenvalue weighted by Gasteiger charge is 2.47. The van der Waals surface area contributed by atoms with E-state index in [2.05, 4.69) is 0 Å². The summed E-state index contributed by atoms with van der Waals surface area (Å²) in [5.41, 5.74) is 0. The topological polar surface area (TPSA) is 51.9 Å². The molecule has 5 heteroatoms. The number of amides is 1. The Balaban J connectivity index is 1.79. The maximum absolute atomic E-state index is 12.4. The maximum Gasteiger partial charge on any atom is 0.289 e. The Morgan fingerprint density at radius 2 is 2.47 bits per heavy atom. The first-order valence-electron chi connectivity index (χ1n) is 6.89. The van der Waals surface area contributed by atoms with Gasteiger partial charge >= 0.3 is 0 Å². The summed E-state index contributed by atoms with van der Waals surface area (Å²) in [6.45, 7) is 3.95. The van der Waals surface area contributed by atoms with Gasteiger partial charge in [-0.25, -0.2) is 0 Å². The van der Waals surface area contributed by atoms with E-state index in [1.165, 1.54) is 6.26 Å². The predicted molar refractivity (Wildman–Crippen MR) is 67.9 cm³/mol. The largest absolute Gasteiger partial charge is 0.459 e. The van der Waals surface area contributed by atoms with Crippen molar-refractivity contribution < 1.29 is 18.7 Å². The van der Waals surface area contributed by atoms with Crippen LogP contribution in [0.25, 0.3) is 0 Å². The van der Waals surface area contributed by atoms with Gasteiger partial charge in [0.25, 0.3) is 5.91 Å². The number of hydrogen-bond donors (Lipinski definition) is 0. The van der Waals surface area contributed by atoms with E-state index in [0.717, 1.165) is 19.4 Å². The van der Waals surface area contributed by atoms with Gasteiger partial charge in [-0.15, -0.1) is 0 Å². The fraction of sp³-hybridized carbons (Fsp3) is 0.643. The first-order valence-corrected chi connectivity index (χ1v) is 6.89. The average molecular weight is 265 g/mol. The van der Waals surface area contributed by atoms with Gasteiger partial charge in [0.05, 0.1) is 18.8 Å². The second-order valence-corrected chi connectivity index (χ2v) is 4.97. The SMILES string of the molecule is CCO[C@@H]1CN(C(=O)c2ccco2)[C@H]2CCCO[C@@H]12. The summed E-state index contributed by atoms with van der Waals surface area (Å²) < 4.78 is 16.7. The number of rotatable bonds is 3. The third-order valence-corrected chi connectivity index (χ3v) is 3.85. The minimum Gasteiger partial charge on any atom is -0.459 e. The van der Waals surface area contributed by atoms with Crippen molar-refractivity contribution in [2.24, 2.45) is 0 Å². The number of hydrogen-bond acceptors (Lipinski definition) is 4. The van der Waals surface area contributed by atoms with Crippen molar-refractivity contribution in [1.29, 1.82) is 0 Å². The van der Waals surface area contributed by atoms with Crippen molar-refractivity contribution >= 4 is 5.91 Å². The molecule has 2 saturated heterocycles. The number of likely N-dealkylation sites (tertiary alicyclic amines) is 1. The van der Waals surface area contributed by atoms with Crippen molar-refractivity contribution in [3.05, 3.63) is 24.2 Å². The van der Waals surface area contributed by atoms with Gasteiger partial charge in [-0.2, -0.15) is 0 Å². The first kappa shape index (κ1) is 12.7. The van der Waals surface area contributed by atoms with E-state index in [4.69, 9.17) is 13.9 Å². The van der Waals surface area contributed by atoms with Gasteiger partial charge in [-0.05, 0) is 31.9 Å². The summed E-state index contributed by atoms with van der Waals surface area (Å²) in [5.74, 6) is 0.328. The van der Waals surface area contributed by atoms with Crippen molar-refractivity contribution in [2.45, 2.75) is 38.0 Å². The Morgan fingerprint density at radius 3 is 3.21 bits per heavy atom. The molecule has 0 N–H and O–H groups in total. The molecule has 3 atom stereocenters. The number of nitrogens with zero attached hydrogens (tertiary/aromatic N) is 1. The summed E-state index contributed by atoms with van der Waals surface area (Å²) in [5, 5.41) is 0. The Labute approximate surface area is 112 Å². The van der Waals surface area contributed by atoms with Gasteiger partial charge in [0.1, 0.15) is 12.2 Å². The van der Waals surface area contributed by atoms with Crippen LogP contribution in [0.3, 0.4) is 0 Å². The van der Waals surface area contributed by atoms with Gasteiger partial charge < -0.3 is 18.8 Å². The minimum atomic E-state index is -0.0623. The molecule has 0 unspecified atom stereocenters. The smallest absolute Gasteiger partial charge is 0.289 e. The molecule has 2 aliphatic heterocycles. The summed E-state index contributed by atoms with van der Waals surface area (Å²) in [4.78, 5) is 14.3. The van der Waals surface area contributed by atoms with Crippen LogP contribution >= 0.6 is 0 Å². The van der Waals surface area contributed by atoms with Crippen LogP contribution in [0.4, 0.5) is 0 Å². The highest BCUT2D eigenvalue weighted by molar-refractivity contribution is 5.92. The van der Waals surface area contributed by atoms with E-state index < -0.39 is 0 Å². The fourth-order valence-corrected chi connectivity index (χ4v) is 3.05. The van der Waals surface area contributed by atoms with Crippen LogP contribution in [0.2, 0.25) is 0 Å². The molecule has 19 heavy (non-hydrogen) atoms. The van der Waals surface area contributed by atoms with Crippen LogP contribution in [0, 0.1) is 0 Å². The Bertz CT molecular complexity index is 431.